The molecule has 0 heterocycles. The smallest absolute Gasteiger partial charge is 0.223 e. The molecule has 4 bridgehead atoms. The molecule has 1 aromatic carbocycles. The van der Waals surface area contributed by atoms with E-state index in [1.54, 1.807) is 38.3 Å². The van der Waals surface area contributed by atoms with Crippen molar-refractivity contribution in [3.63, 3.8) is 0 Å². The quantitative estimate of drug-likeness (QED) is 0.495. The third-order valence-corrected chi connectivity index (χ3v) is 9.55. The number of methoxy groups -OCH3 is 1. The largest absolute Gasteiger partial charge is 0.497 e. The first-order valence-corrected chi connectivity index (χ1v) is 11.9. The number of nitriles is 1. The molecule has 4 N–H and O–H groups in total. The zero-order valence-corrected chi connectivity index (χ0v) is 18.9. The van der Waals surface area contributed by atoms with Gasteiger partial charge in [0.1, 0.15) is 16.3 Å². The third kappa shape index (κ3) is 3.63. The first-order valence-electron chi connectivity index (χ1n) is 10.8. The Kier molecular flexibility index (Phi) is 5.59. The Balaban J connectivity index is 1.62. The minimum absolute atomic E-state index is 0.00310. The van der Waals surface area contributed by atoms with E-state index < -0.39 is 15.5 Å². The monoisotopic (exact) mass is 442 g/mol. The predicted octanol–water partition coefficient (Wildman–Crippen LogP) is 2.51. The van der Waals surface area contributed by atoms with Crippen molar-refractivity contribution in [3.05, 3.63) is 24.3 Å². The second kappa shape index (κ2) is 7.94. The van der Waals surface area contributed by atoms with E-state index in [4.69, 9.17) is 21.2 Å². The molecule has 4 aliphatic rings. The molecule has 166 valence electrons. The van der Waals surface area contributed by atoms with E-state index in [0.29, 0.717) is 16.6 Å². The van der Waals surface area contributed by atoms with Gasteiger partial charge in [-0.3, -0.25) is 14.0 Å². The summed E-state index contributed by atoms with van der Waals surface area (Å²) in [6, 6.07) is 9.10. The number of carbonyl (C=O) groups excluding carboxylic acids is 1. The first kappa shape index (κ1) is 21.8. The lowest BCUT2D eigenvalue weighted by Gasteiger charge is -2.57. The Bertz CT molecular complexity index is 954. The molecule has 0 spiro atoms. The van der Waals surface area contributed by atoms with Crippen molar-refractivity contribution in [2.24, 2.45) is 39.6 Å². The van der Waals surface area contributed by atoms with Gasteiger partial charge in [0.25, 0.3) is 0 Å². The van der Waals surface area contributed by atoms with E-state index in [0.717, 1.165) is 32.1 Å². The summed E-state index contributed by atoms with van der Waals surface area (Å²) in [7, 11) is 0.0136. The van der Waals surface area contributed by atoms with Crippen molar-refractivity contribution in [1.29, 1.82) is 5.26 Å². The minimum atomic E-state index is -1.56. The number of amidine groups is 1. The minimum Gasteiger partial charge on any atom is -0.497 e. The van der Waals surface area contributed by atoms with Gasteiger partial charge in [0.05, 0.1) is 36.4 Å². The van der Waals surface area contributed by atoms with Crippen LogP contribution in [0.25, 0.3) is 0 Å². The number of nitrogens with two attached hydrogens (primary N) is 2. The number of carbonyl (C=O) groups is 1. The van der Waals surface area contributed by atoms with Crippen molar-refractivity contribution in [1.82, 2.24) is 0 Å². The van der Waals surface area contributed by atoms with Crippen LogP contribution < -0.4 is 16.2 Å². The first-order chi connectivity index (χ1) is 14.7. The van der Waals surface area contributed by atoms with Crippen LogP contribution in [-0.4, -0.2) is 33.9 Å². The van der Waals surface area contributed by atoms with Gasteiger partial charge in [0, 0.05) is 10.3 Å². The summed E-state index contributed by atoms with van der Waals surface area (Å²) in [6.45, 7) is 1.75. The maximum Gasteiger partial charge on any atom is 0.223 e. The fourth-order valence-electron chi connectivity index (χ4n) is 6.17. The number of hydrogen-bond acceptors (Lipinski definition) is 5. The second-order valence-electron chi connectivity index (χ2n) is 9.63. The lowest BCUT2D eigenvalue weighted by molar-refractivity contribution is -0.144. The lowest BCUT2D eigenvalue weighted by Crippen LogP contribution is -2.58. The van der Waals surface area contributed by atoms with Gasteiger partial charge < -0.3 is 16.2 Å². The number of aliphatic imine (C=N–C) groups is 1. The topological polar surface area (TPSA) is 132 Å². The summed E-state index contributed by atoms with van der Waals surface area (Å²) >= 11 is 0. The van der Waals surface area contributed by atoms with Crippen LogP contribution in [0.4, 0.5) is 0 Å². The van der Waals surface area contributed by atoms with Crippen molar-refractivity contribution < 1.29 is 13.7 Å². The van der Waals surface area contributed by atoms with Gasteiger partial charge in [-0.25, -0.2) is 0 Å². The van der Waals surface area contributed by atoms with Crippen molar-refractivity contribution in [3.8, 4) is 11.8 Å². The summed E-state index contributed by atoms with van der Waals surface area (Å²) in [6.07, 6.45) is 4.47. The van der Waals surface area contributed by atoms with E-state index >= 15 is 0 Å². The van der Waals surface area contributed by atoms with Crippen LogP contribution in [0.15, 0.2) is 34.2 Å². The molecule has 5 rings (SSSR count). The highest BCUT2D eigenvalue weighted by molar-refractivity contribution is 7.87. The van der Waals surface area contributed by atoms with Gasteiger partial charge in [0.2, 0.25) is 5.91 Å². The number of benzene rings is 1. The molecular weight excluding hydrogens is 412 g/mol. The highest BCUT2D eigenvalue weighted by Gasteiger charge is 2.58. The average Bonchev–Trinajstić information content (AvgIpc) is 2.75. The lowest BCUT2D eigenvalue weighted by atomic mass is 9.48. The Morgan fingerprint density at radius 3 is 2.39 bits per heavy atom. The molecule has 4 unspecified atom stereocenters. The third-order valence-electron chi connectivity index (χ3n) is 7.68. The number of rotatable bonds is 7. The van der Waals surface area contributed by atoms with Crippen molar-refractivity contribution >= 4 is 22.5 Å². The molecule has 4 fully saturated rings. The molecule has 4 saturated carbocycles. The van der Waals surface area contributed by atoms with Gasteiger partial charge in [0.15, 0.2) is 0 Å². The SMILES string of the molecule is COc1ccc(S(=O)C(C)(CC#N)C(N)=NC2C3CC4CC2CC(C(N)=O)(C4)C3)cc1. The van der Waals surface area contributed by atoms with E-state index in [2.05, 4.69) is 6.07 Å². The van der Waals surface area contributed by atoms with Crippen LogP contribution >= 0.6 is 0 Å². The maximum atomic E-state index is 13.5. The number of ether oxygens (including phenoxy) is 1. The van der Waals surface area contributed by atoms with Crippen molar-refractivity contribution in [2.75, 3.05) is 7.11 Å². The zero-order valence-electron chi connectivity index (χ0n) is 18.0. The fourth-order valence-corrected chi connectivity index (χ4v) is 7.51. The average molecular weight is 443 g/mol. The van der Waals surface area contributed by atoms with Gasteiger partial charge in [-0.05, 0) is 81.0 Å². The second-order valence-corrected chi connectivity index (χ2v) is 11.5. The van der Waals surface area contributed by atoms with Gasteiger partial charge in [-0.2, -0.15) is 5.26 Å². The Morgan fingerprint density at radius 2 is 1.87 bits per heavy atom. The molecular formula is C23H30N4O3S. The van der Waals surface area contributed by atoms with Crippen LogP contribution in [0.3, 0.4) is 0 Å². The summed E-state index contributed by atoms with van der Waals surface area (Å²) in [5.41, 5.74) is 11.9. The molecule has 0 aromatic heterocycles. The summed E-state index contributed by atoms with van der Waals surface area (Å²) < 4.78 is 17.6. The van der Waals surface area contributed by atoms with Gasteiger partial charge in [-0.15, -0.1) is 0 Å². The molecule has 0 saturated heterocycles. The summed E-state index contributed by atoms with van der Waals surface area (Å²) in [5, 5.41) is 9.47. The molecule has 1 amide bonds. The Labute approximate surface area is 185 Å². The van der Waals surface area contributed by atoms with Crippen LogP contribution in [0.5, 0.6) is 5.75 Å². The van der Waals surface area contributed by atoms with Gasteiger partial charge >= 0.3 is 0 Å². The molecule has 0 aliphatic heterocycles. The van der Waals surface area contributed by atoms with E-state index in [1.165, 1.54) is 0 Å². The number of primary amides is 1. The normalized spacial score (nSPS) is 34.5. The Morgan fingerprint density at radius 1 is 1.26 bits per heavy atom. The summed E-state index contributed by atoms with van der Waals surface area (Å²) in [5.74, 6) is 1.79. The van der Waals surface area contributed by atoms with Crippen LogP contribution in [-0.2, 0) is 15.6 Å². The molecule has 1 aromatic rings. The van der Waals surface area contributed by atoms with Crippen LogP contribution in [0.2, 0.25) is 0 Å². The van der Waals surface area contributed by atoms with E-state index in [-0.39, 0.29) is 41.5 Å². The standard InChI is InChI=1S/C23H30N4O3S/c1-22(7-8-24,31(29)18-5-3-17(30-2)4-6-18)20(25)27-19-15-9-14-10-16(19)13-23(11-14,12-15)21(26)28/h3-6,14-16,19H,7,9-13H2,1-2H3,(H2,25,27)(H2,26,28). The molecule has 4 atom stereocenters. The summed E-state index contributed by atoms with van der Waals surface area (Å²) in [4.78, 5) is 17.7. The van der Waals surface area contributed by atoms with Crippen LogP contribution in [0.1, 0.15) is 45.4 Å². The molecule has 8 heteroatoms. The van der Waals surface area contributed by atoms with Crippen molar-refractivity contribution in [2.45, 2.75) is 61.1 Å². The highest BCUT2D eigenvalue weighted by atomic mass is 32.2. The zero-order chi connectivity index (χ0) is 22.4. The van der Waals surface area contributed by atoms with E-state index in [9.17, 15) is 14.3 Å². The molecule has 4 aliphatic carbocycles. The molecule has 31 heavy (non-hydrogen) atoms. The van der Waals surface area contributed by atoms with Gasteiger partial charge in [-0.1, -0.05) is 0 Å². The number of hydrogen-bond donors (Lipinski definition) is 2. The van der Waals surface area contributed by atoms with Crippen LogP contribution in [0, 0.1) is 34.5 Å². The number of amides is 1. The van der Waals surface area contributed by atoms with E-state index in [1.807, 2.05) is 0 Å². The molecule has 7 nitrogen and oxygen atoms in total. The Hall–Kier alpha value is -2.40. The fraction of sp³-hybridized carbons (Fsp3) is 0.609. The number of nitrogens with zero attached hydrogens (tertiary/aromatic N) is 2. The predicted molar refractivity (Wildman–Crippen MR) is 119 cm³/mol. The maximum absolute atomic E-state index is 13.5. The molecule has 0 radical (unpaired) electrons. The highest BCUT2D eigenvalue weighted by Crippen LogP contribution is 2.60.